The third-order valence-electron chi connectivity index (χ3n) is 2.21. The van der Waals surface area contributed by atoms with Gasteiger partial charge >= 0.3 is 5.97 Å². The molecule has 6 heteroatoms. The molecule has 0 spiro atoms. The highest BCUT2D eigenvalue weighted by Gasteiger charge is 2.14. The lowest BCUT2D eigenvalue weighted by Gasteiger charge is -1.99. The number of hydrogen-bond acceptors (Lipinski definition) is 6. The van der Waals surface area contributed by atoms with Crippen LogP contribution in [0.2, 0.25) is 0 Å². The van der Waals surface area contributed by atoms with Gasteiger partial charge in [-0.05, 0) is 31.2 Å². The topological polar surface area (TPSA) is 61.3 Å². The third kappa shape index (κ3) is 2.65. The molecule has 1 aromatic heterocycles. The van der Waals surface area contributed by atoms with Gasteiger partial charge in [0, 0.05) is 5.56 Å². The smallest absolute Gasteiger partial charge is 0.369 e. The number of carbonyl (C=O) groups excluding carboxylic acids is 1. The van der Waals surface area contributed by atoms with Crippen LogP contribution in [-0.2, 0) is 4.74 Å². The molecule has 0 atom stereocenters. The Bertz CT molecular complexity index is 537. The van der Waals surface area contributed by atoms with Crippen LogP contribution in [0.25, 0.3) is 10.6 Å². The average Bonchev–Trinajstić information content (AvgIpc) is 2.89. The van der Waals surface area contributed by atoms with E-state index in [2.05, 4.69) is 10.2 Å². The van der Waals surface area contributed by atoms with E-state index in [1.54, 1.807) is 14.0 Å². The molecule has 0 saturated carbocycles. The molecule has 94 valence electrons. The molecule has 0 amide bonds. The van der Waals surface area contributed by atoms with Gasteiger partial charge in [-0.2, -0.15) is 0 Å². The molecule has 2 aromatic rings. The molecule has 5 nitrogen and oxygen atoms in total. The number of ether oxygens (including phenoxy) is 2. The fourth-order valence-electron chi connectivity index (χ4n) is 1.35. The van der Waals surface area contributed by atoms with Gasteiger partial charge in [-0.3, -0.25) is 0 Å². The molecule has 18 heavy (non-hydrogen) atoms. The van der Waals surface area contributed by atoms with E-state index in [1.807, 2.05) is 24.3 Å². The second-order valence-electron chi connectivity index (χ2n) is 3.36. The Morgan fingerprint density at radius 2 is 2.00 bits per heavy atom. The zero-order chi connectivity index (χ0) is 13.0. The highest BCUT2D eigenvalue weighted by atomic mass is 32.1. The van der Waals surface area contributed by atoms with E-state index < -0.39 is 5.97 Å². The summed E-state index contributed by atoms with van der Waals surface area (Å²) >= 11 is 1.21. The normalized spacial score (nSPS) is 10.1. The van der Waals surface area contributed by atoms with Crippen molar-refractivity contribution in [3.05, 3.63) is 29.3 Å². The summed E-state index contributed by atoms with van der Waals surface area (Å²) in [5.41, 5.74) is 0.892. The Morgan fingerprint density at radius 3 is 2.61 bits per heavy atom. The zero-order valence-corrected chi connectivity index (χ0v) is 10.9. The fourth-order valence-corrected chi connectivity index (χ4v) is 2.09. The molecular weight excluding hydrogens is 252 g/mol. The average molecular weight is 264 g/mol. The van der Waals surface area contributed by atoms with E-state index in [4.69, 9.17) is 9.47 Å². The van der Waals surface area contributed by atoms with Crippen molar-refractivity contribution >= 4 is 17.3 Å². The summed E-state index contributed by atoms with van der Waals surface area (Å²) in [5.74, 6) is 0.337. The number of methoxy groups -OCH3 is 1. The van der Waals surface area contributed by atoms with Crippen molar-refractivity contribution < 1.29 is 14.3 Å². The van der Waals surface area contributed by atoms with Crippen LogP contribution in [-0.4, -0.2) is 29.9 Å². The maximum absolute atomic E-state index is 11.5. The summed E-state index contributed by atoms with van der Waals surface area (Å²) in [5, 5.41) is 8.74. The van der Waals surface area contributed by atoms with Gasteiger partial charge in [0.15, 0.2) is 0 Å². The summed E-state index contributed by atoms with van der Waals surface area (Å²) in [6.45, 7) is 2.08. The summed E-state index contributed by atoms with van der Waals surface area (Å²) < 4.78 is 9.94. The van der Waals surface area contributed by atoms with Crippen LogP contribution < -0.4 is 4.74 Å². The standard InChI is InChI=1S/C12H12N2O3S/c1-3-17-12(15)11-14-13-10(18-11)8-4-6-9(16-2)7-5-8/h4-7H,3H2,1-2H3. The Balaban J connectivity index is 2.20. The second kappa shape index (κ2) is 5.59. The molecule has 2 rings (SSSR count). The summed E-state index contributed by atoms with van der Waals surface area (Å²) in [7, 11) is 1.61. The zero-order valence-electron chi connectivity index (χ0n) is 10.0. The van der Waals surface area contributed by atoms with Crippen molar-refractivity contribution in [3.8, 4) is 16.3 Å². The minimum absolute atomic E-state index is 0.266. The lowest BCUT2D eigenvalue weighted by atomic mass is 10.2. The molecule has 0 aliphatic rings. The second-order valence-corrected chi connectivity index (χ2v) is 4.34. The Kier molecular flexibility index (Phi) is 3.88. The monoisotopic (exact) mass is 264 g/mol. The molecule has 0 aliphatic heterocycles. The minimum atomic E-state index is -0.435. The summed E-state index contributed by atoms with van der Waals surface area (Å²) in [6.07, 6.45) is 0. The number of esters is 1. The molecule has 1 heterocycles. The van der Waals surface area contributed by atoms with Gasteiger partial charge in [0.1, 0.15) is 10.8 Å². The van der Waals surface area contributed by atoms with Gasteiger partial charge in [0.05, 0.1) is 13.7 Å². The van der Waals surface area contributed by atoms with Gasteiger partial charge in [-0.15, -0.1) is 10.2 Å². The quantitative estimate of drug-likeness (QED) is 0.793. The number of hydrogen-bond donors (Lipinski definition) is 0. The Labute approximate surface area is 108 Å². The Hall–Kier alpha value is -1.95. The number of aromatic nitrogens is 2. The van der Waals surface area contributed by atoms with E-state index in [0.29, 0.717) is 11.6 Å². The van der Waals surface area contributed by atoms with Gasteiger partial charge in [0.2, 0.25) is 5.01 Å². The fraction of sp³-hybridized carbons (Fsp3) is 0.250. The third-order valence-corrected chi connectivity index (χ3v) is 3.16. The molecule has 0 aliphatic carbocycles. The van der Waals surface area contributed by atoms with Crippen LogP contribution in [0.4, 0.5) is 0 Å². The van der Waals surface area contributed by atoms with E-state index in [-0.39, 0.29) is 5.01 Å². The van der Waals surface area contributed by atoms with E-state index in [1.165, 1.54) is 11.3 Å². The first kappa shape index (κ1) is 12.5. The van der Waals surface area contributed by atoms with Crippen LogP contribution in [0.5, 0.6) is 5.75 Å². The molecule has 1 aromatic carbocycles. The lowest BCUT2D eigenvalue weighted by molar-refractivity contribution is 0.0525. The molecule has 0 unspecified atom stereocenters. The van der Waals surface area contributed by atoms with Crippen molar-refractivity contribution in [2.75, 3.05) is 13.7 Å². The molecule has 0 radical (unpaired) electrons. The number of carbonyl (C=O) groups is 1. The Morgan fingerprint density at radius 1 is 1.28 bits per heavy atom. The largest absolute Gasteiger partial charge is 0.497 e. The molecule has 0 N–H and O–H groups in total. The van der Waals surface area contributed by atoms with E-state index in [9.17, 15) is 4.79 Å². The minimum Gasteiger partial charge on any atom is -0.497 e. The summed E-state index contributed by atoms with van der Waals surface area (Å²) in [6, 6.07) is 7.41. The van der Waals surface area contributed by atoms with Gasteiger partial charge in [0.25, 0.3) is 0 Å². The highest BCUT2D eigenvalue weighted by molar-refractivity contribution is 7.16. The first-order valence-corrected chi connectivity index (χ1v) is 6.21. The molecular formula is C12H12N2O3S. The van der Waals surface area contributed by atoms with Crippen LogP contribution in [0.3, 0.4) is 0 Å². The first-order chi connectivity index (χ1) is 8.74. The van der Waals surface area contributed by atoms with Crippen LogP contribution in [0.15, 0.2) is 24.3 Å². The molecule has 0 bridgehead atoms. The van der Waals surface area contributed by atoms with Gasteiger partial charge < -0.3 is 9.47 Å². The van der Waals surface area contributed by atoms with Crippen molar-refractivity contribution in [3.63, 3.8) is 0 Å². The van der Waals surface area contributed by atoms with Gasteiger partial charge in [-0.1, -0.05) is 11.3 Å². The van der Waals surface area contributed by atoms with E-state index >= 15 is 0 Å². The van der Waals surface area contributed by atoms with E-state index in [0.717, 1.165) is 11.3 Å². The van der Waals surface area contributed by atoms with Crippen LogP contribution in [0.1, 0.15) is 16.7 Å². The molecule has 0 fully saturated rings. The van der Waals surface area contributed by atoms with Gasteiger partial charge in [-0.25, -0.2) is 4.79 Å². The van der Waals surface area contributed by atoms with Crippen molar-refractivity contribution in [2.45, 2.75) is 6.92 Å². The van der Waals surface area contributed by atoms with Crippen molar-refractivity contribution in [2.24, 2.45) is 0 Å². The SMILES string of the molecule is CCOC(=O)c1nnc(-c2ccc(OC)cc2)s1. The van der Waals surface area contributed by atoms with Crippen LogP contribution in [0, 0.1) is 0 Å². The lowest BCUT2D eigenvalue weighted by Crippen LogP contribution is -2.03. The number of rotatable bonds is 4. The van der Waals surface area contributed by atoms with Crippen molar-refractivity contribution in [1.82, 2.24) is 10.2 Å². The van der Waals surface area contributed by atoms with Crippen LogP contribution >= 0.6 is 11.3 Å². The van der Waals surface area contributed by atoms with Crippen molar-refractivity contribution in [1.29, 1.82) is 0 Å². The summed E-state index contributed by atoms with van der Waals surface area (Å²) in [4.78, 5) is 11.5. The molecule has 0 saturated heterocycles. The highest BCUT2D eigenvalue weighted by Crippen LogP contribution is 2.25. The maximum Gasteiger partial charge on any atom is 0.369 e. The predicted octanol–water partition coefficient (Wildman–Crippen LogP) is 2.39. The predicted molar refractivity (Wildman–Crippen MR) is 67.9 cm³/mol. The first-order valence-electron chi connectivity index (χ1n) is 5.39. The number of benzene rings is 1. The maximum atomic E-state index is 11.5. The number of nitrogens with zero attached hydrogens (tertiary/aromatic N) is 2.